The van der Waals surface area contributed by atoms with E-state index in [1.807, 2.05) is 30.5 Å². The fourth-order valence-electron chi connectivity index (χ4n) is 1.96. The summed E-state index contributed by atoms with van der Waals surface area (Å²) in [4.78, 5) is 4.47. The van der Waals surface area contributed by atoms with Crippen molar-refractivity contribution >= 4 is 23.8 Å². The quantitative estimate of drug-likeness (QED) is 0.642. The Morgan fingerprint density at radius 3 is 3.00 bits per heavy atom. The third-order valence-corrected chi connectivity index (χ3v) is 2.84. The molecule has 1 aliphatic rings. The van der Waals surface area contributed by atoms with Gasteiger partial charge in [-0.15, -0.1) is 0 Å². The maximum absolute atomic E-state index is 5.76. The largest absolute Gasteiger partial charge is 0.404 e. The van der Waals surface area contributed by atoms with Crippen LogP contribution < -0.4 is 21.9 Å². The fourth-order valence-corrected chi connectivity index (χ4v) is 1.96. The smallest absolute Gasteiger partial charge is 0.0488 e. The molecule has 0 bridgehead atoms. The molecule has 0 radical (unpaired) electrons. The highest BCUT2D eigenvalue weighted by molar-refractivity contribution is 5.77. The molecule has 3 heteroatoms. The monoisotopic (exact) mass is 227 g/mol. The van der Waals surface area contributed by atoms with Gasteiger partial charge in [-0.05, 0) is 30.5 Å². The molecule has 0 aliphatic carbocycles. The van der Waals surface area contributed by atoms with Gasteiger partial charge in [0.25, 0.3) is 0 Å². The third kappa shape index (κ3) is 2.56. The van der Waals surface area contributed by atoms with Crippen molar-refractivity contribution in [2.45, 2.75) is 13.3 Å². The lowest BCUT2D eigenvalue weighted by atomic mass is 10.0. The standard InChI is InChI=1S/C14H17N3/c1-10-3-2-6-17-14(7-10)13-5-4-12(16)8-11(13)9-15/h2-6,8-10H,7,15-16H2,1H3/b11-9-,14-13+/t10-/m1/s1. The van der Waals surface area contributed by atoms with Crippen molar-refractivity contribution < 1.29 is 0 Å². The summed E-state index contributed by atoms with van der Waals surface area (Å²) in [6.07, 6.45) is 8.46. The van der Waals surface area contributed by atoms with Crippen LogP contribution in [0, 0.1) is 5.92 Å². The average Bonchev–Trinajstić information content (AvgIpc) is 2.53. The van der Waals surface area contributed by atoms with Crippen molar-refractivity contribution in [3.05, 3.63) is 40.8 Å². The van der Waals surface area contributed by atoms with Gasteiger partial charge in [0.2, 0.25) is 0 Å². The molecule has 1 atom stereocenters. The van der Waals surface area contributed by atoms with Crippen molar-refractivity contribution in [1.82, 2.24) is 0 Å². The second kappa shape index (κ2) is 4.87. The lowest BCUT2D eigenvalue weighted by molar-refractivity contribution is 0.751. The summed E-state index contributed by atoms with van der Waals surface area (Å²) in [6, 6.07) is 5.74. The highest BCUT2D eigenvalue weighted by atomic mass is 14.7. The van der Waals surface area contributed by atoms with Crippen LogP contribution in [0.3, 0.4) is 0 Å². The van der Waals surface area contributed by atoms with Crippen molar-refractivity contribution in [3.63, 3.8) is 0 Å². The van der Waals surface area contributed by atoms with Gasteiger partial charge in [-0.3, -0.25) is 4.99 Å². The van der Waals surface area contributed by atoms with Crippen LogP contribution in [0.25, 0.3) is 11.9 Å². The summed E-state index contributed by atoms with van der Waals surface area (Å²) in [5, 5.41) is 2.00. The van der Waals surface area contributed by atoms with Crippen molar-refractivity contribution in [3.8, 4) is 0 Å². The lowest BCUT2D eigenvalue weighted by Gasteiger charge is -2.05. The number of allylic oxidation sites excluding steroid dienone is 2. The Hall–Kier alpha value is -2.03. The van der Waals surface area contributed by atoms with E-state index in [0.717, 1.165) is 28.2 Å². The minimum absolute atomic E-state index is 0.482. The van der Waals surface area contributed by atoms with Gasteiger partial charge in [-0.25, -0.2) is 0 Å². The van der Waals surface area contributed by atoms with Crippen LogP contribution >= 0.6 is 0 Å². The average molecular weight is 227 g/mol. The molecule has 2 rings (SSSR count). The molecule has 0 amide bonds. The molecule has 0 spiro atoms. The normalized spacial score (nSPS) is 23.8. The zero-order valence-corrected chi connectivity index (χ0v) is 9.93. The minimum atomic E-state index is 0.482. The summed E-state index contributed by atoms with van der Waals surface area (Å²) < 4.78 is 0. The SMILES string of the molecule is C[C@@H]1C=CC=N/C(=c2\ccc(N)c\c2=C\N)C1. The lowest BCUT2D eigenvalue weighted by Crippen LogP contribution is -2.28. The summed E-state index contributed by atoms with van der Waals surface area (Å²) >= 11 is 0. The van der Waals surface area contributed by atoms with E-state index in [0.29, 0.717) is 5.92 Å². The molecule has 0 unspecified atom stereocenters. The Morgan fingerprint density at radius 2 is 2.24 bits per heavy atom. The predicted molar refractivity (Wildman–Crippen MR) is 73.6 cm³/mol. The Labute approximate surface area is 101 Å². The van der Waals surface area contributed by atoms with Crippen LogP contribution in [0.5, 0.6) is 0 Å². The molecule has 88 valence electrons. The van der Waals surface area contributed by atoms with Crippen LogP contribution in [0.2, 0.25) is 0 Å². The van der Waals surface area contributed by atoms with Crippen LogP contribution in [-0.4, -0.2) is 6.21 Å². The Kier molecular flexibility index (Phi) is 3.28. The molecular weight excluding hydrogens is 210 g/mol. The molecule has 0 aromatic heterocycles. The molecule has 1 aromatic carbocycles. The van der Waals surface area contributed by atoms with E-state index in [9.17, 15) is 0 Å². The number of nitrogens with zero attached hydrogens (tertiary/aromatic N) is 1. The van der Waals surface area contributed by atoms with Gasteiger partial charge in [-0.2, -0.15) is 0 Å². The molecule has 1 aromatic rings. The van der Waals surface area contributed by atoms with Gasteiger partial charge in [0, 0.05) is 34.2 Å². The topological polar surface area (TPSA) is 64.4 Å². The van der Waals surface area contributed by atoms with E-state index in [2.05, 4.69) is 18.0 Å². The van der Waals surface area contributed by atoms with Crippen molar-refractivity contribution in [2.24, 2.45) is 16.6 Å². The first-order chi connectivity index (χ1) is 8.20. The van der Waals surface area contributed by atoms with Gasteiger partial charge in [0.05, 0.1) is 0 Å². The number of rotatable bonds is 0. The van der Waals surface area contributed by atoms with E-state index < -0.39 is 0 Å². The molecule has 0 saturated heterocycles. The summed E-state index contributed by atoms with van der Waals surface area (Å²) in [5.74, 6) is 0.482. The molecule has 17 heavy (non-hydrogen) atoms. The van der Waals surface area contributed by atoms with Crippen LogP contribution in [-0.2, 0) is 0 Å². The first-order valence-corrected chi connectivity index (χ1v) is 5.72. The molecule has 3 nitrogen and oxygen atoms in total. The van der Waals surface area contributed by atoms with Gasteiger partial charge in [0.1, 0.15) is 0 Å². The molecule has 4 N–H and O–H groups in total. The van der Waals surface area contributed by atoms with E-state index >= 15 is 0 Å². The van der Waals surface area contributed by atoms with E-state index in [4.69, 9.17) is 11.5 Å². The number of nitrogens with two attached hydrogens (primary N) is 2. The fraction of sp³-hybridized carbons (Fsp3) is 0.214. The van der Waals surface area contributed by atoms with Gasteiger partial charge in [-0.1, -0.05) is 19.1 Å². The Balaban J connectivity index is 2.66. The van der Waals surface area contributed by atoms with Crippen molar-refractivity contribution in [2.75, 3.05) is 5.73 Å². The number of aliphatic imine (C=N–C) groups is 1. The molecule has 0 fully saturated rings. The molecule has 1 heterocycles. The third-order valence-electron chi connectivity index (χ3n) is 2.84. The maximum Gasteiger partial charge on any atom is 0.0488 e. The Morgan fingerprint density at radius 1 is 1.41 bits per heavy atom. The van der Waals surface area contributed by atoms with E-state index in [1.165, 1.54) is 0 Å². The number of hydrogen-bond acceptors (Lipinski definition) is 3. The molecule has 0 saturated carbocycles. The van der Waals surface area contributed by atoms with E-state index in [1.54, 1.807) is 6.20 Å². The Bertz CT molecular complexity index is 582. The highest BCUT2D eigenvalue weighted by Gasteiger charge is 2.05. The minimum Gasteiger partial charge on any atom is -0.404 e. The zero-order valence-electron chi connectivity index (χ0n) is 9.93. The van der Waals surface area contributed by atoms with Gasteiger partial charge in [0.15, 0.2) is 0 Å². The highest BCUT2D eigenvalue weighted by Crippen LogP contribution is 2.15. The number of benzene rings is 1. The van der Waals surface area contributed by atoms with Crippen molar-refractivity contribution in [1.29, 1.82) is 0 Å². The second-order valence-corrected chi connectivity index (χ2v) is 4.30. The van der Waals surface area contributed by atoms with Crippen LogP contribution in [0.1, 0.15) is 13.3 Å². The number of anilines is 1. The summed E-state index contributed by atoms with van der Waals surface area (Å²) in [5.41, 5.74) is 13.2. The first-order valence-electron chi connectivity index (χ1n) is 5.72. The van der Waals surface area contributed by atoms with Gasteiger partial charge >= 0.3 is 0 Å². The predicted octanol–water partition coefficient (Wildman–Crippen LogP) is 0.740. The van der Waals surface area contributed by atoms with Crippen LogP contribution in [0.15, 0.2) is 35.3 Å². The van der Waals surface area contributed by atoms with Gasteiger partial charge < -0.3 is 11.5 Å². The maximum atomic E-state index is 5.76. The molecule has 1 aliphatic heterocycles. The first kappa shape index (κ1) is 11.5. The van der Waals surface area contributed by atoms with Crippen LogP contribution in [0.4, 0.5) is 5.69 Å². The second-order valence-electron chi connectivity index (χ2n) is 4.30. The van der Waals surface area contributed by atoms with E-state index in [-0.39, 0.29) is 0 Å². The zero-order chi connectivity index (χ0) is 12.3. The number of nitrogen functional groups attached to an aromatic ring is 1. The number of hydrogen-bond donors (Lipinski definition) is 2. The molecular formula is C14H17N3. The summed E-state index contributed by atoms with van der Waals surface area (Å²) in [7, 11) is 0. The summed E-state index contributed by atoms with van der Waals surface area (Å²) in [6.45, 7) is 2.17.